The number of nitrogens with one attached hydrogen (secondary N) is 1. The molecule has 0 spiro atoms. The fourth-order valence-corrected chi connectivity index (χ4v) is 2.70. The normalized spacial score (nSPS) is 16.9. The van der Waals surface area contributed by atoms with Crippen molar-refractivity contribution in [3.63, 3.8) is 0 Å². The average Bonchev–Trinajstić information content (AvgIpc) is 2.91. The van der Waals surface area contributed by atoms with Crippen LogP contribution in [0.3, 0.4) is 0 Å². The highest BCUT2D eigenvalue weighted by Gasteiger charge is 2.34. The molecule has 0 atom stereocenters. The number of hydrogen-bond acceptors (Lipinski definition) is 4. The highest BCUT2D eigenvalue weighted by Crippen LogP contribution is 2.24. The Kier molecular flexibility index (Phi) is 4.14. The van der Waals surface area contributed by atoms with Crippen LogP contribution in [-0.2, 0) is 9.59 Å². The number of carbonyl (C=O) groups is 2. The van der Waals surface area contributed by atoms with Crippen LogP contribution in [0.4, 0.5) is 5.69 Å². The van der Waals surface area contributed by atoms with E-state index in [9.17, 15) is 9.59 Å². The van der Waals surface area contributed by atoms with Crippen molar-refractivity contribution in [2.24, 2.45) is 0 Å². The second kappa shape index (κ2) is 6.10. The fourth-order valence-electron chi connectivity index (χ4n) is 2.16. The average molecular weight is 391 g/mol. The molecular formula is C16H11BrN2O3S. The van der Waals surface area contributed by atoms with Crippen molar-refractivity contribution in [1.82, 2.24) is 5.32 Å². The zero-order valence-corrected chi connectivity index (χ0v) is 14.4. The molecule has 7 heteroatoms. The summed E-state index contributed by atoms with van der Waals surface area (Å²) in [6.45, 7) is 1.79. The molecule has 1 N–H and O–H groups in total. The number of aryl methyl sites for hydroxylation is 1. The third kappa shape index (κ3) is 3.11. The van der Waals surface area contributed by atoms with E-state index >= 15 is 0 Å². The Bertz CT molecular complexity index is 839. The molecule has 5 nitrogen and oxygen atoms in total. The molecule has 1 aromatic carbocycles. The number of hydrogen-bond donors (Lipinski definition) is 1. The summed E-state index contributed by atoms with van der Waals surface area (Å²) in [4.78, 5) is 26.1. The van der Waals surface area contributed by atoms with Crippen molar-refractivity contribution < 1.29 is 14.0 Å². The lowest BCUT2D eigenvalue weighted by Gasteiger charge is -2.28. The summed E-state index contributed by atoms with van der Waals surface area (Å²) >= 11 is 8.47. The summed E-state index contributed by atoms with van der Waals surface area (Å²) in [6.07, 6.45) is 1.41. The summed E-state index contributed by atoms with van der Waals surface area (Å²) in [5.41, 5.74) is 0.542. The molecule has 0 bridgehead atoms. The molecule has 2 amide bonds. The maximum absolute atomic E-state index is 12.7. The van der Waals surface area contributed by atoms with Crippen molar-refractivity contribution in [2.75, 3.05) is 4.90 Å². The van der Waals surface area contributed by atoms with E-state index in [2.05, 4.69) is 21.2 Å². The maximum atomic E-state index is 12.7. The van der Waals surface area contributed by atoms with Crippen LogP contribution in [0.15, 0.2) is 50.9 Å². The second-order valence-corrected chi connectivity index (χ2v) is 6.19. The molecule has 1 aliphatic rings. The predicted octanol–water partition coefficient (Wildman–Crippen LogP) is 3.18. The Labute approximate surface area is 146 Å². The third-order valence-electron chi connectivity index (χ3n) is 3.23. The van der Waals surface area contributed by atoms with Gasteiger partial charge in [-0.3, -0.25) is 19.8 Å². The Hall–Kier alpha value is -2.25. The molecular weight excluding hydrogens is 380 g/mol. The molecule has 1 saturated heterocycles. The lowest BCUT2D eigenvalue weighted by atomic mass is 10.1. The van der Waals surface area contributed by atoms with E-state index in [0.29, 0.717) is 17.2 Å². The first-order valence-electron chi connectivity index (χ1n) is 6.69. The van der Waals surface area contributed by atoms with Gasteiger partial charge < -0.3 is 4.42 Å². The zero-order valence-electron chi connectivity index (χ0n) is 12.0. The van der Waals surface area contributed by atoms with Crippen molar-refractivity contribution in [3.05, 3.63) is 58.0 Å². The van der Waals surface area contributed by atoms with Crippen molar-refractivity contribution in [1.29, 1.82) is 0 Å². The number of rotatable bonds is 2. The van der Waals surface area contributed by atoms with Gasteiger partial charge in [-0.05, 0) is 61.6 Å². The van der Waals surface area contributed by atoms with Crippen LogP contribution in [0, 0.1) is 6.92 Å². The first-order valence-corrected chi connectivity index (χ1v) is 7.89. The summed E-state index contributed by atoms with van der Waals surface area (Å²) in [5, 5.41) is 2.58. The number of amides is 2. The summed E-state index contributed by atoms with van der Waals surface area (Å²) < 4.78 is 6.28. The van der Waals surface area contributed by atoms with Crippen LogP contribution in [0.1, 0.15) is 11.5 Å². The van der Waals surface area contributed by atoms with E-state index in [4.69, 9.17) is 16.6 Å². The molecule has 0 aliphatic carbocycles. The van der Waals surface area contributed by atoms with Crippen LogP contribution in [0.25, 0.3) is 6.08 Å². The molecule has 2 aromatic rings. The molecule has 0 unspecified atom stereocenters. The van der Waals surface area contributed by atoms with Gasteiger partial charge in [0.05, 0.1) is 5.69 Å². The van der Waals surface area contributed by atoms with Crippen LogP contribution in [0.5, 0.6) is 0 Å². The van der Waals surface area contributed by atoms with Gasteiger partial charge in [0, 0.05) is 4.47 Å². The number of nitrogens with zero attached hydrogens (tertiary/aromatic N) is 1. The number of carbonyl (C=O) groups excluding carboxylic acids is 2. The number of thiocarbonyl (C=S) groups is 1. The van der Waals surface area contributed by atoms with E-state index in [-0.39, 0.29) is 10.7 Å². The topological polar surface area (TPSA) is 62.6 Å². The Morgan fingerprint density at radius 3 is 2.48 bits per heavy atom. The van der Waals surface area contributed by atoms with Gasteiger partial charge in [-0.2, -0.15) is 0 Å². The molecule has 1 aliphatic heterocycles. The van der Waals surface area contributed by atoms with E-state index < -0.39 is 11.8 Å². The number of anilines is 1. The SMILES string of the molecule is Cc1ccc(/C=C2/C(=O)NC(=S)N(c3ccc(Br)cc3)C2=O)o1. The van der Waals surface area contributed by atoms with Gasteiger partial charge in [0.2, 0.25) is 0 Å². The van der Waals surface area contributed by atoms with Crippen LogP contribution < -0.4 is 10.2 Å². The van der Waals surface area contributed by atoms with Gasteiger partial charge in [0.15, 0.2) is 5.11 Å². The lowest BCUT2D eigenvalue weighted by Crippen LogP contribution is -2.54. The van der Waals surface area contributed by atoms with Crippen LogP contribution >= 0.6 is 28.1 Å². The minimum absolute atomic E-state index is 0.0316. The Balaban J connectivity index is 2.00. The van der Waals surface area contributed by atoms with Gasteiger partial charge in [0.1, 0.15) is 17.1 Å². The van der Waals surface area contributed by atoms with E-state index in [1.54, 1.807) is 43.3 Å². The lowest BCUT2D eigenvalue weighted by molar-refractivity contribution is -0.122. The first kappa shape index (κ1) is 15.6. The molecule has 23 heavy (non-hydrogen) atoms. The largest absolute Gasteiger partial charge is 0.462 e. The second-order valence-electron chi connectivity index (χ2n) is 4.88. The number of furan rings is 1. The van der Waals surface area contributed by atoms with Crippen molar-refractivity contribution in [3.8, 4) is 0 Å². The van der Waals surface area contributed by atoms with Gasteiger partial charge in [-0.1, -0.05) is 15.9 Å². The Morgan fingerprint density at radius 1 is 1.17 bits per heavy atom. The van der Waals surface area contributed by atoms with E-state index in [0.717, 1.165) is 4.47 Å². The highest BCUT2D eigenvalue weighted by molar-refractivity contribution is 9.10. The van der Waals surface area contributed by atoms with Crippen LogP contribution in [0.2, 0.25) is 0 Å². The molecule has 116 valence electrons. The van der Waals surface area contributed by atoms with Gasteiger partial charge in [-0.25, -0.2) is 0 Å². The fraction of sp³-hybridized carbons (Fsp3) is 0.0625. The summed E-state index contributed by atoms with van der Waals surface area (Å²) in [7, 11) is 0. The first-order chi connectivity index (χ1) is 11.0. The number of halogens is 1. The molecule has 0 radical (unpaired) electrons. The zero-order chi connectivity index (χ0) is 16.6. The maximum Gasteiger partial charge on any atom is 0.270 e. The quantitative estimate of drug-likeness (QED) is 0.485. The summed E-state index contributed by atoms with van der Waals surface area (Å²) in [6, 6.07) is 10.5. The monoisotopic (exact) mass is 390 g/mol. The molecule has 0 saturated carbocycles. The van der Waals surface area contributed by atoms with Gasteiger partial charge in [0.25, 0.3) is 11.8 Å². The third-order valence-corrected chi connectivity index (χ3v) is 4.05. The highest BCUT2D eigenvalue weighted by atomic mass is 79.9. The number of benzene rings is 1. The van der Waals surface area contributed by atoms with Crippen molar-refractivity contribution in [2.45, 2.75) is 6.92 Å². The molecule has 1 fully saturated rings. The van der Waals surface area contributed by atoms with Crippen molar-refractivity contribution >= 4 is 56.8 Å². The Morgan fingerprint density at radius 2 is 1.87 bits per heavy atom. The van der Waals surface area contributed by atoms with E-state index in [1.807, 2.05) is 0 Å². The predicted molar refractivity (Wildman–Crippen MR) is 93.8 cm³/mol. The minimum atomic E-state index is -0.539. The standard InChI is InChI=1S/C16H11BrN2O3S/c1-9-2-7-12(22-9)8-13-14(20)18-16(23)19(15(13)21)11-5-3-10(17)4-6-11/h2-8H,1H3,(H,18,20,23)/b13-8-. The minimum Gasteiger partial charge on any atom is -0.462 e. The molecule has 3 rings (SSSR count). The molecule has 2 heterocycles. The summed E-state index contributed by atoms with van der Waals surface area (Å²) in [5.74, 6) is 0.0999. The van der Waals surface area contributed by atoms with Gasteiger partial charge >= 0.3 is 0 Å². The molecule has 1 aromatic heterocycles. The van der Waals surface area contributed by atoms with E-state index in [1.165, 1.54) is 11.0 Å². The van der Waals surface area contributed by atoms with Crippen LogP contribution in [-0.4, -0.2) is 16.9 Å². The van der Waals surface area contributed by atoms with Gasteiger partial charge in [-0.15, -0.1) is 0 Å². The smallest absolute Gasteiger partial charge is 0.270 e.